The molecule has 0 saturated heterocycles. The summed E-state index contributed by atoms with van der Waals surface area (Å²) >= 11 is 0. The molecule has 4 rings (SSSR count). The number of hydrogen-bond acceptors (Lipinski definition) is 6. The first-order valence-corrected chi connectivity index (χ1v) is 10.4. The largest absolute Gasteiger partial charge is 0.482 e. The van der Waals surface area contributed by atoms with Gasteiger partial charge in [0.25, 0.3) is 6.43 Å². The fourth-order valence-electron chi connectivity index (χ4n) is 3.81. The van der Waals surface area contributed by atoms with Gasteiger partial charge in [-0.15, -0.1) is 0 Å². The Morgan fingerprint density at radius 2 is 2.09 bits per heavy atom. The first-order valence-electron chi connectivity index (χ1n) is 10.4. The van der Waals surface area contributed by atoms with Crippen LogP contribution in [0.1, 0.15) is 48.9 Å². The summed E-state index contributed by atoms with van der Waals surface area (Å²) in [4.78, 5) is 8.78. The maximum atomic E-state index is 14.2. The van der Waals surface area contributed by atoms with E-state index in [-0.39, 0.29) is 18.0 Å². The molecule has 1 aromatic carbocycles. The molecule has 4 N–H and O–H groups in total. The van der Waals surface area contributed by atoms with Gasteiger partial charge in [0.1, 0.15) is 17.6 Å². The highest BCUT2D eigenvalue weighted by atomic mass is 19.3. The van der Waals surface area contributed by atoms with Crippen molar-refractivity contribution in [2.24, 2.45) is 10.7 Å². The molecule has 3 heterocycles. The molecular weight excluding hydrogens is 433 g/mol. The predicted molar refractivity (Wildman–Crippen MR) is 119 cm³/mol. The molecule has 0 radical (unpaired) electrons. The van der Waals surface area contributed by atoms with Crippen molar-refractivity contribution in [3.8, 4) is 11.4 Å². The SMILES string of the molecule is CCN=C1C(=CN)Cc2cc(C(F)F)nn2-c2ccc(F)cc2[C@@H](C)Oc2cc1cnc2N. The number of aromatic nitrogens is 3. The number of nitrogens with two attached hydrogens (primary N) is 2. The summed E-state index contributed by atoms with van der Waals surface area (Å²) in [5, 5.41) is 4.11. The van der Waals surface area contributed by atoms with Gasteiger partial charge < -0.3 is 16.2 Å². The summed E-state index contributed by atoms with van der Waals surface area (Å²) in [6, 6.07) is 7.02. The van der Waals surface area contributed by atoms with Gasteiger partial charge in [-0.05, 0) is 56.0 Å². The maximum absolute atomic E-state index is 14.2. The molecule has 0 unspecified atom stereocenters. The van der Waals surface area contributed by atoms with Crippen LogP contribution in [0, 0.1) is 5.82 Å². The van der Waals surface area contributed by atoms with Gasteiger partial charge >= 0.3 is 0 Å². The number of fused-ring (bicyclic) bond motifs is 5. The average Bonchev–Trinajstić information content (AvgIpc) is 3.21. The molecular formula is C23H23F3N6O. The van der Waals surface area contributed by atoms with Crippen LogP contribution in [0.2, 0.25) is 0 Å². The van der Waals surface area contributed by atoms with E-state index in [1.165, 1.54) is 35.1 Å². The van der Waals surface area contributed by atoms with E-state index in [0.29, 0.717) is 40.3 Å². The molecule has 0 aliphatic carbocycles. The summed E-state index contributed by atoms with van der Waals surface area (Å²) in [7, 11) is 0. The molecule has 0 saturated carbocycles. The Kier molecular flexibility index (Phi) is 6.08. The van der Waals surface area contributed by atoms with E-state index in [0.717, 1.165) is 0 Å². The van der Waals surface area contributed by atoms with Crippen molar-refractivity contribution in [2.45, 2.75) is 32.8 Å². The zero-order valence-electron chi connectivity index (χ0n) is 18.1. The Labute approximate surface area is 188 Å². The highest BCUT2D eigenvalue weighted by molar-refractivity contribution is 6.13. The smallest absolute Gasteiger partial charge is 0.282 e. The van der Waals surface area contributed by atoms with Crippen molar-refractivity contribution >= 4 is 11.5 Å². The summed E-state index contributed by atoms with van der Waals surface area (Å²) < 4.78 is 48.8. The fraction of sp³-hybridized carbons (Fsp3) is 0.261. The van der Waals surface area contributed by atoms with E-state index in [4.69, 9.17) is 16.2 Å². The number of aliphatic imine (C=N–C) groups is 1. The summed E-state index contributed by atoms with van der Waals surface area (Å²) in [5.74, 6) is -0.0711. The zero-order valence-corrected chi connectivity index (χ0v) is 18.1. The zero-order chi connectivity index (χ0) is 23.7. The number of alkyl halides is 2. The van der Waals surface area contributed by atoms with E-state index >= 15 is 0 Å². The van der Waals surface area contributed by atoms with Gasteiger partial charge in [-0.2, -0.15) is 5.10 Å². The molecule has 3 aromatic rings. The van der Waals surface area contributed by atoms with Gasteiger partial charge in [0.2, 0.25) is 0 Å². The van der Waals surface area contributed by atoms with Crippen molar-refractivity contribution < 1.29 is 17.9 Å². The molecule has 1 atom stereocenters. The lowest BCUT2D eigenvalue weighted by atomic mass is 9.99. The third-order valence-corrected chi connectivity index (χ3v) is 5.33. The van der Waals surface area contributed by atoms with Crippen LogP contribution in [-0.2, 0) is 6.42 Å². The van der Waals surface area contributed by atoms with Crippen LogP contribution in [0.4, 0.5) is 19.0 Å². The molecule has 0 fully saturated rings. The van der Waals surface area contributed by atoms with Gasteiger partial charge in [-0.3, -0.25) is 4.99 Å². The van der Waals surface area contributed by atoms with Crippen molar-refractivity contribution in [1.82, 2.24) is 14.8 Å². The number of pyridine rings is 1. The average molecular weight is 456 g/mol. The number of rotatable bonds is 2. The van der Waals surface area contributed by atoms with E-state index in [9.17, 15) is 13.2 Å². The second kappa shape index (κ2) is 8.97. The number of nitrogen functional groups attached to an aromatic ring is 1. The van der Waals surface area contributed by atoms with Crippen LogP contribution in [0.5, 0.6) is 5.75 Å². The lowest BCUT2D eigenvalue weighted by molar-refractivity contribution is 0.145. The van der Waals surface area contributed by atoms with E-state index < -0.39 is 24.0 Å². The highest BCUT2D eigenvalue weighted by Crippen LogP contribution is 2.33. The minimum absolute atomic E-state index is 0.148. The Bertz CT molecular complexity index is 1250. The van der Waals surface area contributed by atoms with Crippen molar-refractivity contribution in [3.05, 3.63) is 76.6 Å². The van der Waals surface area contributed by atoms with Crippen LogP contribution in [0.3, 0.4) is 0 Å². The van der Waals surface area contributed by atoms with Crippen molar-refractivity contribution in [3.63, 3.8) is 0 Å². The van der Waals surface area contributed by atoms with Crippen LogP contribution in [-0.4, -0.2) is 27.0 Å². The fourth-order valence-corrected chi connectivity index (χ4v) is 3.81. The maximum Gasteiger partial charge on any atom is 0.282 e. The van der Waals surface area contributed by atoms with Gasteiger partial charge in [-0.25, -0.2) is 22.8 Å². The van der Waals surface area contributed by atoms with E-state index in [1.807, 2.05) is 6.92 Å². The molecule has 0 spiro atoms. The molecule has 33 heavy (non-hydrogen) atoms. The third kappa shape index (κ3) is 4.28. The Morgan fingerprint density at radius 3 is 2.79 bits per heavy atom. The molecule has 2 aromatic heterocycles. The van der Waals surface area contributed by atoms with Crippen LogP contribution in [0.15, 0.2) is 53.3 Å². The topological polar surface area (TPSA) is 104 Å². The predicted octanol–water partition coefficient (Wildman–Crippen LogP) is 4.27. The normalized spacial score (nSPS) is 18.4. The quantitative estimate of drug-likeness (QED) is 0.599. The first-order chi connectivity index (χ1) is 15.8. The highest BCUT2D eigenvalue weighted by Gasteiger charge is 2.25. The summed E-state index contributed by atoms with van der Waals surface area (Å²) in [6.07, 6.45) is -0.401. The van der Waals surface area contributed by atoms with Crippen LogP contribution in [0.25, 0.3) is 5.69 Å². The number of benzene rings is 1. The van der Waals surface area contributed by atoms with Crippen LogP contribution >= 0.6 is 0 Å². The molecule has 0 amide bonds. The Hall–Kier alpha value is -3.82. The van der Waals surface area contributed by atoms with Gasteiger partial charge in [0.05, 0.1) is 11.4 Å². The Balaban J connectivity index is 2.01. The standard InChI is InChI=1S/C23H23F3N6O/c1-3-29-21-13(10-27)6-16-9-18(22(25)26)31-32(16)19-5-4-15(24)8-17(19)12(2)33-20-7-14(21)11-30-23(20)28/h4-5,7-12,22H,3,6,27H2,1-2H3,(H2,28,30)/t12-/m1/s1. The van der Waals surface area contributed by atoms with Gasteiger partial charge in [0, 0.05) is 36.0 Å². The molecule has 1 aliphatic heterocycles. The number of allylic oxidation sites excluding steroid dienone is 1. The molecule has 10 heteroatoms. The second-order valence-corrected chi connectivity index (χ2v) is 7.54. The lowest BCUT2D eigenvalue weighted by Crippen LogP contribution is -2.17. The summed E-state index contributed by atoms with van der Waals surface area (Å²) in [5.41, 5.74) is 14.6. The van der Waals surface area contributed by atoms with Crippen molar-refractivity contribution in [2.75, 3.05) is 12.3 Å². The number of nitrogens with zero attached hydrogens (tertiary/aromatic N) is 4. The Morgan fingerprint density at radius 1 is 1.30 bits per heavy atom. The number of hydrogen-bond donors (Lipinski definition) is 2. The number of ether oxygens (including phenoxy) is 1. The minimum atomic E-state index is -2.79. The van der Waals surface area contributed by atoms with Gasteiger partial charge in [-0.1, -0.05) is 0 Å². The van der Waals surface area contributed by atoms with E-state index in [2.05, 4.69) is 15.1 Å². The monoisotopic (exact) mass is 456 g/mol. The van der Waals surface area contributed by atoms with E-state index in [1.54, 1.807) is 19.2 Å². The molecule has 1 aliphatic rings. The van der Waals surface area contributed by atoms with Crippen LogP contribution < -0.4 is 16.2 Å². The van der Waals surface area contributed by atoms with Crippen molar-refractivity contribution in [1.29, 1.82) is 0 Å². The lowest BCUT2D eigenvalue weighted by Gasteiger charge is -2.22. The first kappa shape index (κ1) is 22.4. The number of halogens is 3. The molecule has 2 bridgehead atoms. The second-order valence-electron chi connectivity index (χ2n) is 7.54. The third-order valence-electron chi connectivity index (χ3n) is 5.33. The number of anilines is 1. The van der Waals surface area contributed by atoms with Gasteiger partial charge in [0.15, 0.2) is 11.6 Å². The molecule has 172 valence electrons. The minimum Gasteiger partial charge on any atom is -0.482 e. The molecule has 7 nitrogen and oxygen atoms in total. The summed E-state index contributed by atoms with van der Waals surface area (Å²) in [6.45, 7) is 4.03.